The van der Waals surface area contributed by atoms with Crippen molar-refractivity contribution >= 4 is 5.78 Å². The van der Waals surface area contributed by atoms with Crippen LogP contribution < -0.4 is 0 Å². The monoisotopic (exact) mass is 230 g/mol. The van der Waals surface area contributed by atoms with Gasteiger partial charge in [0, 0.05) is 25.4 Å². The summed E-state index contributed by atoms with van der Waals surface area (Å²) >= 11 is 0. The van der Waals surface area contributed by atoms with E-state index in [1.165, 1.54) is 11.1 Å². The fourth-order valence-electron chi connectivity index (χ4n) is 2.47. The molecule has 0 spiro atoms. The zero-order valence-electron chi connectivity index (χ0n) is 10.3. The molecule has 2 atom stereocenters. The summed E-state index contributed by atoms with van der Waals surface area (Å²) in [5.74, 6) is 0.788. The molecule has 0 saturated carbocycles. The van der Waals surface area contributed by atoms with E-state index in [4.69, 9.17) is 4.74 Å². The van der Waals surface area contributed by atoms with E-state index in [9.17, 15) is 4.79 Å². The second kappa shape index (κ2) is 5.28. The van der Waals surface area contributed by atoms with Crippen LogP contribution in [0.4, 0.5) is 0 Å². The van der Waals surface area contributed by atoms with Crippen molar-refractivity contribution in [2.75, 3.05) is 13.7 Å². The van der Waals surface area contributed by atoms with Crippen LogP contribution in [0.5, 0.6) is 0 Å². The van der Waals surface area contributed by atoms with Gasteiger partial charge in [0.2, 0.25) is 0 Å². The molecular formula is C15H18O2. The minimum Gasteiger partial charge on any atom is -0.384 e. The fraction of sp³-hybridized carbons (Fsp3) is 0.400. The summed E-state index contributed by atoms with van der Waals surface area (Å²) in [4.78, 5) is 11.3. The second-order valence-corrected chi connectivity index (χ2v) is 4.59. The van der Waals surface area contributed by atoms with Gasteiger partial charge in [-0.1, -0.05) is 36.4 Å². The highest BCUT2D eigenvalue weighted by Crippen LogP contribution is 2.35. The topological polar surface area (TPSA) is 26.3 Å². The van der Waals surface area contributed by atoms with Crippen molar-refractivity contribution in [2.24, 2.45) is 0 Å². The molecule has 0 amide bonds. The molecule has 0 aromatic heterocycles. The lowest BCUT2D eigenvalue weighted by Gasteiger charge is -2.25. The predicted molar refractivity (Wildman–Crippen MR) is 68.2 cm³/mol. The van der Waals surface area contributed by atoms with E-state index in [0.29, 0.717) is 18.9 Å². The number of ketones is 1. The molecule has 2 rings (SSSR count). The number of hydrogen-bond donors (Lipinski definition) is 0. The first kappa shape index (κ1) is 12.1. The predicted octanol–water partition coefficient (Wildman–Crippen LogP) is 3.05. The highest BCUT2D eigenvalue weighted by Gasteiger charge is 2.22. The third kappa shape index (κ3) is 2.64. The van der Waals surface area contributed by atoms with Gasteiger partial charge in [-0.15, -0.1) is 0 Å². The summed E-state index contributed by atoms with van der Waals surface area (Å²) in [6.07, 6.45) is 4.90. The van der Waals surface area contributed by atoms with Crippen LogP contribution in [0.2, 0.25) is 0 Å². The van der Waals surface area contributed by atoms with Crippen molar-refractivity contribution in [3.63, 3.8) is 0 Å². The minimum atomic E-state index is 0.233. The van der Waals surface area contributed by atoms with Gasteiger partial charge in [0.05, 0.1) is 6.61 Å². The molecule has 0 bridgehead atoms. The molecular weight excluding hydrogens is 212 g/mol. The first-order chi connectivity index (χ1) is 8.22. The van der Waals surface area contributed by atoms with E-state index < -0.39 is 0 Å². The number of carbonyl (C=O) groups excluding carboxylic acids is 1. The Balaban J connectivity index is 2.31. The maximum Gasteiger partial charge on any atom is 0.130 e. The average molecular weight is 230 g/mol. The summed E-state index contributed by atoms with van der Waals surface area (Å²) in [5, 5.41) is 0. The first-order valence-electron chi connectivity index (χ1n) is 5.98. The van der Waals surface area contributed by atoms with E-state index in [2.05, 4.69) is 24.3 Å². The summed E-state index contributed by atoms with van der Waals surface area (Å²) in [6, 6.07) is 8.34. The zero-order chi connectivity index (χ0) is 12.3. The third-order valence-electron chi connectivity index (χ3n) is 3.22. The smallest absolute Gasteiger partial charge is 0.130 e. The van der Waals surface area contributed by atoms with Gasteiger partial charge in [0.15, 0.2) is 0 Å². The Hall–Kier alpha value is -1.41. The molecule has 2 nitrogen and oxygen atoms in total. The second-order valence-electron chi connectivity index (χ2n) is 4.59. The normalized spacial score (nSPS) is 22.2. The maximum absolute atomic E-state index is 11.3. The van der Waals surface area contributed by atoms with Crippen LogP contribution in [0.15, 0.2) is 36.4 Å². The summed E-state index contributed by atoms with van der Waals surface area (Å²) < 4.78 is 5.24. The molecule has 1 aromatic carbocycles. The molecule has 0 fully saturated rings. The maximum atomic E-state index is 11.3. The Morgan fingerprint density at radius 2 is 1.76 bits per heavy atom. The quantitative estimate of drug-likeness (QED) is 0.743. The van der Waals surface area contributed by atoms with Gasteiger partial charge in [-0.05, 0) is 18.1 Å². The Morgan fingerprint density at radius 3 is 2.35 bits per heavy atom. The highest BCUT2D eigenvalue weighted by atomic mass is 16.5. The Morgan fingerprint density at radius 1 is 1.18 bits per heavy atom. The van der Waals surface area contributed by atoms with Crippen LogP contribution in [0.3, 0.4) is 0 Å². The van der Waals surface area contributed by atoms with Crippen molar-refractivity contribution in [2.45, 2.75) is 25.2 Å². The largest absolute Gasteiger partial charge is 0.384 e. The van der Waals surface area contributed by atoms with Crippen LogP contribution in [-0.4, -0.2) is 19.5 Å². The van der Waals surface area contributed by atoms with Gasteiger partial charge < -0.3 is 4.74 Å². The SMILES string of the molecule is COC[C@@H]1C=C[C@H](CC(C)=O)c2ccccc21. The molecule has 1 aliphatic carbocycles. The molecule has 0 radical (unpaired) electrons. The number of fused-ring (bicyclic) bond motifs is 1. The van der Waals surface area contributed by atoms with Crippen molar-refractivity contribution in [1.29, 1.82) is 0 Å². The van der Waals surface area contributed by atoms with Crippen LogP contribution in [0, 0.1) is 0 Å². The lowest BCUT2D eigenvalue weighted by atomic mass is 9.80. The molecule has 0 saturated heterocycles. The third-order valence-corrected chi connectivity index (χ3v) is 3.22. The molecule has 90 valence electrons. The summed E-state index contributed by atoms with van der Waals surface area (Å²) in [6.45, 7) is 2.35. The minimum absolute atomic E-state index is 0.233. The lowest BCUT2D eigenvalue weighted by molar-refractivity contribution is -0.117. The molecule has 0 unspecified atom stereocenters. The van der Waals surface area contributed by atoms with Crippen LogP contribution in [0.25, 0.3) is 0 Å². The lowest BCUT2D eigenvalue weighted by Crippen LogP contribution is -2.14. The summed E-state index contributed by atoms with van der Waals surface area (Å²) in [7, 11) is 1.72. The molecule has 1 aliphatic rings. The van der Waals surface area contributed by atoms with E-state index in [-0.39, 0.29) is 11.7 Å². The van der Waals surface area contributed by atoms with Gasteiger partial charge in [-0.2, -0.15) is 0 Å². The van der Waals surface area contributed by atoms with Gasteiger partial charge in [-0.3, -0.25) is 4.79 Å². The van der Waals surface area contributed by atoms with E-state index in [1.807, 2.05) is 12.1 Å². The number of benzene rings is 1. The molecule has 0 heterocycles. The average Bonchev–Trinajstić information content (AvgIpc) is 2.32. The number of carbonyl (C=O) groups is 1. The highest BCUT2D eigenvalue weighted by molar-refractivity contribution is 5.77. The first-order valence-corrected chi connectivity index (χ1v) is 5.98. The summed E-state index contributed by atoms with van der Waals surface area (Å²) in [5.41, 5.74) is 2.57. The van der Waals surface area contributed by atoms with Crippen LogP contribution >= 0.6 is 0 Å². The van der Waals surface area contributed by atoms with Gasteiger partial charge >= 0.3 is 0 Å². The van der Waals surface area contributed by atoms with Crippen molar-refractivity contribution in [3.05, 3.63) is 47.5 Å². The molecule has 2 heteroatoms. The van der Waals surface area contributed by atoms with Gasteiger partial charge in [-0.25, -0.2) is 0 Å². The molecule has 17 heavy (non-hydrogen) atoms. The van der Waals surface area contributed by atoms with E-state index >= 15 is 0 Å². The standard InChI is InChI=1S/C15H18O2/c1-11(16)9-12-7-8-13(10-17-2)15-6-4-3-5-14(12)15/h3-8,12-13H,9-10H2,1-2H3/t12-,13+/m1/s1. The van der Waals surface area contributed by atoms with Crippen molar-refractivity contribution in [3.8, 4) is 0 Å². The fourth-order valence-corrected chi connectivity index (χ4v) is 2.47. The number of rotatable bonds is 4. The van der Waals surface area contributed by atoms with Crippen LogP contribution in [0.1, 0.15) is 36.3 Å². The molecule has 1 aromatic rings. The number of methoxy groups -OCH3 is 1. The Labute approximate surface area is 102 Å². The van der Waals surface area contributed by atoms with E-state index in [0.717, 1.165) is 0 Å². The van der Waals surface area contributed by atoms with Gasteiger partial charge in [0.1, 0.15) is 5.78 Å². The number of allylic oxidation sites excluding steroid dienone is 1. The zero-order valence-corrected chi connectivity index (χ0v) is 10.3. The van der Waals surface area contributed by atoms with Gasteiger partial charge in [0.25, 0.3) is 0 Å². The number of hydrogen-bond acceptors (Lipinski definition) is 2. The Bertz CT molecular complexity index is 434. The van der Waals surface area contributed by atoms with E-state index in [1.54, 1.807) is 14.0 Å². The molecule has 0 aliphatic heterocycles. The number of ether oxygens (including phenoxy) is 1. The Kier molecular flexibility index (Phi) is 3.75. The van der Waals surface area contributed by atoms with Crippen molar-refractivity contribution in [1.82, 2.24) is 0 Å². The van der Waals surface area contributed by atoms with Crippen LogP contribution in [-0.2, 0) is 9.53 Å². The molecule has 0 N–H and O–H groups in total. The van der Waals surface area contributed by atoms with Crippen molar-refractivity contribution < 1.29 is 9.53 Å². The number of Topliss-reactive ketones (excluding diaryl/α,β-unsaturated/α-hetero) is 1.